The number of hydrogen-bond donors (Lipinski definition) is 0. The predicted molar refractivity (Wildman–Crippen MR) is 77.6 cm³/mol. The number of ether oxygens (including phenoxy) is 2. The molecule has 108 valence electrons. The molecular weight excluding hydrogens is 252 g/mol. The number of methoxy groups -OCH3 is 1. The van der Waals surface area contributed by atoms with E-state index in [1.165, 1.54) is 0 Å². The average Bonchev–Trinajstić information content (AvgIpc) is 2.48. The standard InChI is InChI=1S/C16H22N2O2/c1-18(11-13-5-7-20-8-6-13)12-14-3-4-16(19-2)15(9-14)10-17/h3-4,9,13H,5-8,11-12H2,1-2H3. The summed E-state index contributed by atoms with van der Waals surface area (Å²) in [6.07, 6.45) is 2.30. The van der Waals surface area contributed by atoms with E-state index in [-0.39, 0.29) is 0 Å². The molecule has 0 spiro atoms. The third-order valence-electron chi connectivity index (χ3n) is 3.75. The van der Waals surface area contributed by atoms with Crippen molar-refractivity contribution in [2.45, 2.75) is 19.4 Å². The first-order chi connectivity index (χ1) is 9.72. The van der Waals surface area contributed by atoms with Crippen LogP contribution in [0, 0.1) is 17.2 Å². The summed E-state index contributed by atoms with van der Waals surface area (Å²) in [5.74, 6) is 1.37. The minimum Gasteiger partial charge on any atom is -0.495 e. The molecule has 0 aliphatic carbocycles. The molecule has 0 bridgehead atoms. The topological polar surface area (TPSA) is 45.5 Å². The zero-order valence-corrected chi connectivity index (χ0v) is 12.3. The molecule has 0 N–H and O–H groups in total. The first-order valence-electron chi connectivity index (χ1n) is 7.06. The summed E-state index contributed by atoms with van der Waals surface area (Å²) >= 11 is 0. The van der Waals surface area contributed by atoms with Crippen LogP contribution in [0.2, 0.25) is 0 Å². The molecule has 0 saturated carbocycles. The van der Waals surface area contributed by atoms with Gasteiger partial charge in [0, 0.05) is 26.3 Å². The van der Waals surface area contributed by atoms with Crippen LogP contribution in [0.15, 0.2) is 18.2 Å². The smallest absolute Gasteiger partial charge is 0.136 e. The molecule has 1 aliphatic heterocycles. The number of rotatable bonds is 5. The molecule has 0 atom stereocenters. The minimum absolute atomic E-state index is 0.601. The monoisotopic (exact) mass is 274 g/mol. The molecule has 1 aromatic carbocycles. The quantitative estimate of drug-likeness (QED) is 0.827. The summed E-state index contributed by atoms with van der Waals surface area (Å²) in [5, 5.41) is 9.11. The molecule has 0 radical (unpaired) electrons. The Hall–Kier alpha value is -1.57. The highest BCUT2D eigenvalue weighted by Gasteiger charge is 2.16. The molecule has 1 aliphatic rings. The largest absolute Gasteiger partial charge is 0.495 e. The van der Waals surface area contributed by atoms with Gasteiger partial charge in [-0.15, -0.1) is 0 Å². The number of benzene rings is 1. The lowest BCUT2D eigenvalue weighted by atomic mass is 9.99. The lowest BCUT2D eigenvalue weighted by molar-refractivity contribution is 0.0549. The van der Waals surface area contributed by atoms with Gasteiger partial charge < -0.3 is 14.4 Å². The van der Waals surface area contributed by atoms with Crippen molar-refractivity contribution in [2.24, 2.45) is 5.92 Å². The fourth-order valence-corrected chi connectivity index (χ4v) is 2.69. The van der Waals surface area contributed by atoms with Crippen LogP contribution in [0.3, 0.4) is 0 Å². The molecule has 4 nitrogen and oxygen atoms in total. The normalized spacial score (nSPS) is 16.1. The Bertz CT molecular complexity index is 476. The highest BCUT2D eigenvalue weighted by atomic mass is 16.5. The van der Waals surface area contributed by atoms with Crippen molar-refractivity contribution < 1.29 is 9.47 Å². The van der Waals surface area contributed by atoms with Crippen LogP contribution >= 0.6 is 0 Å². The highest BCUT2D eigenvalue weighted by molar-refractivity contribution is 5.45. The van der Waals surface area contributed by atoms with E-state index in [1.807, 2.05) is 18.2 Å². The second kappa shape index (κ2) is 7.28. The Labute approximate surface area is 120 Å². The summed E-state index contributed by atoms with van der Waals surface area (Å²) in [4.78, 5) is 2.32. The molecule has 0 unspecified atom stereocenters. The van der Waals surface area contributed by atoms with Gasteiger partial charge >= 0.3 is 0 Å². The fourth-order valence-electron chi connectivity index (χ4n) is 2.69. The second-order valence-corrected chi connectivity index (χ2v) is 5.40. The van der Waals surface area contributed by atoms with Gasteiger partial charge in [0.2, 0.25) is 0 Å². The molecule has 1 fully saturated rings. The molecular formula is C16H22N2O2. The van der Waals surface area contributed by atoms with Crippen molar-refractivity contribution in [3.05, 3.63) is 29.3 Å². The Morgan fingerprint density at radius 3 is 2.80 bits per heavy atom. The van der Waals surface area contributed by atoms with Crippen molar-refractivity contribution in [1.29, 1.82) is 5.26 Å². The van der Waals surface area contributed by atoms with Crippen molar-refractivity contribution in [3.8, 4) is 11.8 Å². The van der Waals surface area contributed by atoms with E-state index in [4.69, 9.17) is 14.7 Å². The Morgan fingerprint density at radius 2 is 2.15 bits per heavy atom. The van der Waals surface area contributed by atoms with Gasteiger partial charge in [-0.2, -0.15) is 5.26 Å². The predicted octanol–water partition coefficient (Wildman–Crippen LogP) is 2.43. The third-order valence-corrected chi connectivity index (χ3v) is 3.75. The molecule has 1 heterocycles. The summed E-state index contributed by atoms with van der Waals surface area (Å²) < 4.78 is 10.6. The van der Waals surface area contributed by atoms with E-state index >= 15 is 0 Å². The SMILES string of the molecule is COc1ccc(CN(C)CC2CCOCC2)cc1C#N. The molecule has 1 aromatic rings. The highest BCUT2D eigenvalue weighted by Crippen LogP contribution is 2.21. The van der Waals surface area contributed by atoms with Gasteiger partial charge in [-0.1, -0.05) is 6.07 Å². The van der Waals surface area contributed by atoms with E-state index in [0.29, 0.717) is 11.3 Å². The lowest BCUT2D eigenvalue weighted by Gasteiger charge is -2.27. The van der Waals surface area contributed by atoms with Crippen LogP contribution in [0.25, 0.3) is 0 Å². The lowest BCUT2D eigenvalue weighted by Crippen LogP contribution is -2.29. The minimum atomic E-state index is 0.601. The van der Waals surface area contributed by atoms with E-state index in [2.05, 4.69) is 18.0 Å². The maximum atomic E-state index is 9.11. The van der Waals surface area contributed by atoms with Crippen LogP contribution in [0.5, 0.6) is 5.75 Å². The average molecular weight is 274 g/mol. The molecule has 20 heavy (non-hydrogen) atoms. The fraction of sp³-hybridized carbons (Fsp3) is 0.562. The molecule has 0 amide bonds. The van der Waals surface area contributed by atoms with E-state index in [1.54, 1.807) is 7.11 Å². The van der Waals surface area contributed by atoms with Gasteiger partial charge in [0.05, 0.1) is 12.7 Å². The summed E-state index contributed by atoms with van der Waals surface area (Å²) in [6, 6.07) is 8.00. The Morgan fingerprint density at radius 1 is 1.40 bits per heavy atom. The summed E-state index contributed by atoms with van der Waals surface area (Å²) in [5.41, 5.74) is 1.75. The van der Waals surface area contributed by atoms with Gasteiger partial charge in [0.15, 0.2) is 0 Å². The second-order valence-electron chi connectivity index (χ2n) is 5.40. The van der Waals surface area contributed by atoms with E-state index in [0.717, 1.165) is 50.6 Å². The van der Waals surface area contributed by atoms with Crippen molar-refractivity contribution >= 4 is 0 Å². The zero-order valence-electron chi connectivity index (χ0n) is 12.3. The number of nitriles is 1. The van der Waals surface area contributed by atoms with E-state index < -0.39 is 0 Å². The van der Waals surface area contributed by atoms with Crippen LogP contribution < -0.4 is 4.74 Å². The Kier molecular flexibility index (Phi) is 5.40. The molecule has 4 heteroatoms. The van der Waals surface area contributed by atoms with Crippen LogP contribution in [-0.2, 0) is 11.3 Å². The third kappa shape index (κ3) is 3.96. The number of hydrogen-bond acceptors (Lipinski definition) is 4. The summed E-state index contributed by atoms with van der Waals surface area (Å²) in [7, 11) is 3.72. The van der Waals surface area contributed by atoms with Crippen LogP contribution in [0.4, 0.5) is 0 Å². The molecule has 1 saturated heterocycles. The van der Waals surface area contributed by atoms with Crippen molar-refractivity contribution in [2.75, 3.05) is 33.9 Å². The maximum absolute atomic E-state index is 9.11. The molecule has 0 aromatic heterocycles. The van der Waals surface area contributed by atoms with Gasteiger partial charge in [0.25, 0.3) is 0 Å². The first kappa shape index (κ1) is 14.8. The number of nitrogens with zero attached hydrogens (tertiary/aromatic N) is 2. The Balaban J connectivity index is 1.93. The van der Waals surface area contributed by atoms with Crippen LogP contribution in [0.1, 0.15) is 24.0 Å². The zero-order chi connectivity index (χ0) is 14.4. The van der Waals surface area contributed by atoms with Crippen molar-refractivity contribution in [3.63, 3.8) is 0 Å². The van der Waals surface area contributed by atoms with Gasteiger partial charge in [-0.25, -0.2) is 0 Å². The maximum Gasteiger partial charge on any atom is 0.136 e. The van der Waals surface area contributed by atoms with Gasteiger partial charge in [0.1, 0.15) is 11.8 Å². The van der Waals surface area contributed by atoms with Gasteiger partial charge in [-0.05, 0) is 43.5 Å². The van der Waals surface area contributed by atoms with Gasteiger partial charge in [-0.3, -0.25) is 0 Å². The van der Waals surface area contributed by atoms with Crippen LogP contribution in [-0.4, -0.2) is 38.8 Å². The van der Waals surface area contributed by atoms with E-state index in [9.17, 15) is 0 Å². The summed E-state index contributed by atoms with van der Waals surface area (Å²) in [6.45, 7) is 3.71. The van der Waals surface area contributed by atoms with Crippen molar-refractivity contribution in [1.82, 2.24) is 4.90 Å². The molecule has 2 rings (SSSR count). The first-order valence-corrected chi connectivity index (χ1v) is 7.06.